The zero-order valence-electron chi connectivity index (χ0n) is 11.7. The van der Waals surface area contributed by atoms with Gasteiger partial charge in [0.25, 0.3) is 0 Å². The summed E-state index contributed by atoms with van der Waals surface area (Å²) in [4.78, 5) is 4.28. The molecule has 0 aliphatic rings. The molecule has 2 N–H and O–H groups in total. The van der Waals surface area contributed by atoms with Gasteiger partial charge < -0.3 is 15.0 Å². The van der Waals surface area contributed by atoms with Gasteiger partial charge in [-0.3, -0.25) is 0 Å². The van der Waals surface area contributed by atoms with Crippen LogP contribution in [-0.2, 0) is 11.2 Å². The number of benzene rings is 1. The Kier molecular flexibility index (Phi) is 5.99. The number of aromatic nitrogens is 2. The minimum Gasteiger partial charge on any atom is -0.379 e. The molecular formula is C14H17Cl2N3O2. The standard InChI is InChI=1S/C14H17Cl2N3O2/c1-2-5-20-8-12(17)14-18-13(21-19-14)7-9-3-4-10(15)11(16)6-9/h3-4,6,12H,2,5,7-8,17H2,1H3. The second-order valence-corrected chi connectivity index (χ2v) is 5.47. The summed E-state index contributed by atoms with van der Waals surface area (Å²) in [6, 6.07) is 4.99. The predicted octanol–water partition coefficient (Wildman–Crippen LogP) is 3.39. The summed E-state index contributed by atoms with van der Waals surface area (Å²) in [5, 5.41) is 4.90. The summed E-state index contributed by atoms with van der Waals surface area (Å²) in [6.07, 6.45) is 1.42. The fraction of sp³-hybridized carbons (Fsp3) is 0.429. The van der Waals surface area contributed by atoms with Crippen molar-refractivity contribution in [1.82, 2.24) is 10.1 Å². The van der Waals surface area contributed by atoms with Crippen LogP contribution in [0.25, 0.3) is 0 Å². The molecule has 0 bridgehead atoms. The number of rotatable bonds is 7. The van der Waals surface area contributed by atoms with Gasteiger partial charge in [-0.25, -0.2) is 0 Å². The van der Waals surface area contributed by atoms with Crippen molar-refractivity contribution in [3.8, 4) is 0 Å². The van der Waals surface area contributed by atoms with Gasteiger partial charge in [0.2, 0.25) is 5.89 Å². The highest BCUT2D eigenvalue weighted by molar-refractivity contribution is 6.42. The molecule has 0 aliphatic heterocycles. The van der Waals surface area contributed by atoms with E-state index in [1.54, 1.807) is 12.1 Å². The van der Waals surface area contributed by atoms with Crippen LogP contribution in [0.2, 0.25) is 10.0 Å². The second kappa shape index (κ2) is 7.75. The van der Waals surface area contributed by atoms with Gasteiger partial charge in [-0.05, 0) is 24.1 Å². The van der Waals surface area contributed by atoms with Crippen LogP contribution < -0.4 is 5.73 Å². The van der Waals surface area contributed by atoms with E-state index in [9.17, 15) is 0 Å². The van der Waals surface area contributed by atoms with E-state index in [1.165, 1.54) is 0 Å². The molecule has 114 valence electrons. The Morgan fingerprint density at radius 3 is 2.86 bits per heavy atom. The van der Waals surface area contributed by atoms with Crippen LogP contribution in [0.4, 0.5) is 0 Å². The van der Waals surface area contributed by atoms with Gasteiger partial charge in [0, 0.05) is 6.61 Å². The van der Waals surface area contributed by atoms with E-state index in [0.717, 1.165) is 12.0 Å². The molecule has 2 aromatic rings. The first-order chi connectivity index (χ1) is 10.1. The van der Waals surface area contributed by atoms with Crippen molar-refractivity contribution in [3.63, 3.8) is 0 Å². The molecule has 1 heterocycles. The number of nitrogens with zero attached hydrogens (tertiary/aromatic N) is 2. The SMILES string of the molecule is CCCOCC(N)c1noc(Cc2ccc(Cl)c(Cl)c2)n1. The van der Waals surface area contributed by atoms with Crippen molar-refractivity contribution in [1.29, 1.82) is 0 Å². The first-order valence-electron chi connectivity index (χ1n) is 6.70. The summed E-state index contributed by atoms with van der Waals surface area (Å²) < 4.78 is 10.6. The number of halogens is 2. The average Bonchev–Trinajstić information content (AvgIpc) is 2.92. The maximum atomic E-state index is 5.97. The molecule has 1 aromatic heterocycles. The van der Waals surface area contributed by atoms with E-state index in [0.29, 0.717) is 41.4 Å². The lowest BCUT2D eigenvalue weighted by Crippen LogP contribution is -2.18. The third kappa shape index (κ3) is 4.68. The minimum atomic E-state index is -0.386. The van der Waals surface area contributed by atoms with E-state index in [2.05, 4.69) is 10.1 Å². The molecule has 0 spiro atoms. The second-order valence-electron chi connectivity index (χ2n) is 4.65. The van der Waals surface area contributed by atoms with E-state index in [1.807, 2.05) is 13.0 Å². The molecule has 0 aliphatic carbocycles. The lowest BCUT2D eigenvalue weighted by Gasteiger charge is -2.06. The number of hydrogen-bond donors (Lipinski definition) is 1. The quantitative estimate of drug-likeness (QED) is 0.788. The fourth-order valence-corrected chi connectivity index (χ4v) is 2.06. The van der Waals surface area contributed by atoms with Crippen molar-refractivity contribution in [2.24, 2.45) is 5.73 Å². The maximum Gasteiger partial charge on any atom is 0.231 e. The van der Waals surface area contributed by atoms with Gasteiger partial charge in [0.05, 0.1) is 29.1 Å². The minimum absolute atomic E-state index is 0.375. The highest BCUT2D eigenvalue weighted by Gasteiger charge is 2.15. The third-order valence-electron chi connectivity index (χ3n) is 2.80. The van der Waals surface area contributed by atoms with E-state index >= 15 is 0 Å². The van der Waals surface area contributed by atoms with E-state index in [-0.39, 0.29) is 6.04 Å². The van der Waals surface area contributed by atoms with Crippen molar-refractivity contribution in [3.05, 3.63) is 45.5 Å². The predicted molar refractivity (Wildman–Crippen MR) is 81.6 cm³/mol. The first-order valence-corrected chi connectivity index (χ1v) is 7.45. The van der Waals surface area contributed by atoms with Gasteiger partial charge in [-0.2, -0.15) is 4.98 Å². The molecule has 0 saturated heterocycles. The Morgan fingerprint density at radius 2 is 2.14 bits per heavy atom. The zero-order valence-corrected chi connectivity index (χ0v) is 13.2. The lowest BCUT2D eigenvalue weighted by atomic mass is 10.1. The Morgan fingerprint density at radius 1 is 1.33 bits per heavy atom. The Hall–Kier alpha value is -1.14. The Bertz CT molecular complexity index is 589. The summed E-state index contributed by atoms with van der Waals surface area (Å²) in [5.74, 6) is 0.926. The van der Waals surface area contributed by atoms with Crippen molar-refractivity contribution < 1.29 is 9.26 Å². The molecule has 0 saturated carbocycles. The molecule has 0 radical (unpaired) electrons. The van der Waals surface area contributed by atoms with Crippen molar-refractivity contribution in [2.75, 3.05) is 13.2 Å². The largest absolute Gasteiger partial charge is 0.379 e. The molecule has 0 amide bonds. The van der Waals surface area contributed by atoms with E-state index in [4.69, 9.17) is 38.2 Å². The maximum absolute atomic E-state index is 5.97. The van der Waals surface area contributed by atoms with Gasteiger partial charge in [-0.1, -0.05) is 41.3 Å². The van der Waals surface area contributed by atoms with Crippen LogP contribution in [0.3, 0.4) is 0 Å². The lowest BCUT2D eigenvalue weighted by molar-refractivity contribution is 0.119. The van der Waals surface area contributed by atoms with Crippen LogP contribution in [0.15, 0.2) is 22.7 Å². The van der Waals surface area contributed by atoms with Gasteiger partial charge >= 0.3 is 0 Å². The molecule has 5 nitrogen and oxygen atoms in total. The normalized spacial score (nSPS) is 12.6. The number of nitrogens with two attached hydrogens (primary N) is 1. The van der Waals surface area contributed by atoms with Crippen molar-refractivity contribution in [2.45, 2.75) is 25.8 Å². The number of hydrogen-bond acceptors (Lipinski definition) is 5. The first kappa shape index (κ1) is 16.2. The smallest absolute Gasteiger partial charge is 0.231 e. The molecular weight excluding hydrogens is 313 g/mol. The summed E-state index contributed by atoms with van der Waals surface area (Å²) in [6.45, 7) is 3.08. The molecule has 2 rings (SSSR count). The molecule has 1 atom stereocenters. The average molecular weight is 330 g/mol. The van der Waals surface area contributed by atoms with Gasteiger partial charge in [-0.15, -0.1) is 0 Å². The molecule has 0 fully saturated rings. The highest BCUT2D eigenvalue weighted by atomic mass is 35.5. The van der Waals surface area contributed by atoms with Crippen LogP contribution in [0.1, 0.15) is 36.7 Å². The Balaban J connectivity index is 1.97. The van der Waals surface area contributed by atoms with Crippen LogP contribution in [-0.4, -0.2) is 23.4 Å². The Labute approximate surface area is 133 Å². The van der Waals surface area contributed by atoms with Crippen LogP contribution in [0.5, 0.6) is 0 Å². The van der Waals surface area contributed by atoms with Crippen LogP contribution in [0, 0.1) is 0 Å². The molecule has 21 heavy (non-hydrogen) atoms. The summed E-state index contributed by atoms with van der Waals surface area (Å²) in [7, 11) is 0. The molecule has 7 heteroatoms. The summed E-state index contributed by atoms with van der Waals surface area (Å²) >= 11 is 11.8. The van der Waals surface area contributed by atoms with Crippen molar-refractivity contribution >= 4 is 23.2 Å². The number of ether oxygens (including phenoxy) is 1. The van der Waals surface area contributed by atoms with E-state index < -0.39 is 0 Å². The van der Waals surface area contributed by atoms with Gasteiger partial charge in [0.1, 0.15) is 0 Å². The monoisotopic (exact) mass is 329 g/mol. The summed E-state index contributed by atoms with van der Waals surface area (Å²) in [5.41, 5.74) is 6.88. The zero-order chi connectivity index (χ0) is 15.2. The highest BCUT2D eigenvalue weighted by Crippen LogP contribution is 2.23. The fourth-order valence-electron chi connectivity index (χ4n) is 1.74. The topological polar surface area (TPSA) is 74.2 Å². The third-order valence-corrected chi connectivity index (χ3v) is 3.54. The molecule has 1 aromatic carbocycles. The van der Waals surface area contributed by atoms with Crippen LogP contribution >= 0.6 is 23.2 Å². The van der Waals surface area contributed by atoms with Gasteiger partial charge in [0.15, 0.2) is 5.82 Å². The molecule has 1 unspecified atom stereocenters.